The highest BCUT2D eigenvalue weighted by Gasteiger charge is 2.26. The summed E-state index contributed by atoms with van der Waals surface area (Å²) in [6, 6.07) is -0.367. The molecule has 6 nitrogen and oxygen atoms in total. The van der Waals surface area contributed by atoms with Gasteiger partial charge in [-0.1, -0.05) is 5.16 Å². The van der Waals surface area contributed by atoms with Crippen molar-refractivity contribution in [3.63, 3.8) is 0 Å². The number of carboxylic acid groups (broad SMARTS) is 1. The zero-order valence-electron chi connectivity index (χ0n) is 11.1. The number of amides is 1. The third-order valence-electron chi connectivity index (χ3n) is 2.85. The molecule has 1 atom stereocenters. The molecule has 0 aliphatic rings. The summed E-state index contributed by atoms with van der Waals surface area (Å²) in [7, 11) is 0. The largest absolute Gasteiger partial charge is 0.481 e. The summed E-state index contributed by atoms with van der Waals surface area (Å²) in [6.45, 7) is 7.34. The molecule has 0 spiro atoms. The van der Waals surface area contributed by atoms with Crippen molar-refractivity contribution < 1.29 is 19.2 Å². The lowest BCUT2D eigenvalue weighted by molar-refractivity contribution is -0.138. The molecule has 0 aromatic carbocycles. The fourth-order valence-electron chi connectivity index (χ4n) is 1.95. The van der Waals surface area contributed by atoms with E-state index in [0.717, 1.165) is 0 Å². The lowest BCUT2D eigenvalue weighted by Gasteiger charge is -2.26. The van der Waals surface area contributed by atoms with E-state index in [1.165, 1.54) is 4.90 Å². The van der Waals surface area contributed by atoms with Crippen LogP contribution in [0.15, 0.2) is 4.52 Å². The average molecular weight is 254 g/mol. The van der Waals surface area contributed by atoms with E-state index < -0.39 is 5.97 Å². The van der Waals surface area contributed by atoms with Gasteiger partial charge in [0.1, 0.15) is 11.3 Å². The van der Waals surface area contributed by atoms with Crippen molar-refractivity contribution in [3.05, 3.63) is 17.0 Å². The summed E-state index contributed by atoms with van der Waals surface area (Å²) < 4.78 is 4.96. The predicted molar refractivity (Wildman–Crippen MR) is 64.4 cm³/mol. The average Bonchev–Trinajstić information content (AvgIpc) is 2.58. The molecule has 0 fully saturated rings. The van der Waals surface area contributed by atoms with Crippen molar-refractivity contribution in [2.24, 2.45) is 0 Å². The van der Waals surface area contributed by atoms with Gasteiger partial charge >= 0.3 is 5.97 Å². The quantitative estimate of drug-likeness (QED) is 0.863. The van der Waals surface area contributed by atoms with Crippen LogP contribution in [0.25, 0.3) is 0 Å². The van der Waals surface area contributed by atoms with Gasteiger partial charge in [0.15, 0.2) is 0 Å². The summed E-state index contributed by atoms with van der Waals surface area (Å²) in [6.07, 6.45) is -0.0804. The third-order valence-corrected chi connectivity index (χ3v) is 2.85. The Labute approximate surface area is 106 Å². The van der Waals surface area contributed by atoms with Crippen LogP contribution in [0.3, 0.4) is 0 Å². The second-order valence-electron chi connectivity index (χ2n) is 4.24. The topological polar surface area (TPSA) is 83.6 Å². The molecule has 0 saturated heterocycles. The lowest BCUT2D eigenvalue weighted by atomic mass is 10.1. The van der Waals surface area contributed by atoms with E-state index in [9.17, 15) is 9.59 Å². The molecule has 6 heteroatoms. The fourth-order valence-corrected chi connectivity index (χ4v) is 1.95. The van der Waals surface area contributed by atoms with Crippen molar-refractivity contribution in [1.82, 2.24) is 10.1 Å². The SMILES string of the molecule is CCN(C(=O)c1c(C)noc1C)C(C)CC(=O)O. The Morgan fingerprint density at radius 2 is 2.06 bits per heavy atom. The molecule has 1 N–H and O–H groups in total. The van der Waals surface area contributed by atoms with Crippen molar-refractivity contribution in [2.75, 3.05) is 6.54 Å². The molecule has 1 unspecified atom stereocenters. The van der Waals surface area contributed by atoms with Crippen molar-refractivity contribution >= 4 is 11.9 Å². The number of aryl methyl sites for hydroxylation is 2. The van der Waals surface area contributed by atoms with Gasteiger partial charge in [0.25, 0.3) is 5.91 Å². The number of carbonyl (C=O) groups excluding carboxylic acids is 1. The summed E-state index contributed by atoms with van der Waals surface area (Å²) in [5.41, 5.74) is 0.951. The van der Waals surface area contributed by atoms with Crippen LogP contribution in [0.5, 0.6) is 0 Å². The second kappa shape index (κ2) is 5.66. The maximum absolute atomic E-state index is 12.3. The molecule has 100 valence electrons. The standard InChI is InChI=1S/C12H18N2O4/c1-5-14(7(2)6-10(15)16)12(17)11-8(3)13-18-9(11)4/h7H,5-6H2,1-4H3,(H,15,16). The minimum absolute atomic E-state index is 0.0804. The summed E-state index contributed by atoms with van der Waals surface area (Å²) in [5, 5.41) is 12.5. The van der Waals surface area contributed by atoms with Gasteiger partial charge < -0.3 is 14.5 Å². The molecule has 1 aromatic heterocycles. The van der Waals surface area contributed by atoms with Crippen LogP contribution in [0.4, 0.5) is 0 Å². The Bertz CT molecular complexity index is 433. The maximum Gasteiger partial charge on any atom is 0.305 e. The van der Waals surface area contributed by atoms with Crippen molar-refractivity contribution in [3.8, 4) is 0 Å². The van der Waals surface area contributed by atoms with Crippen LogP contribution in [-0.2, 0) is 4.79 Å². The van der Waals surface area contributed by atoms with E-state index in [4.69, 9.17) is 9.63 Å². The molecule has 0 saturated carbocycles. The first-order valence-corrected chi connectivity index (χ1v) is 5.84. The van der Waals surface area contributed by atoms with Gasteiger partial charge in [0.05, 0.1) is 12.1 Å². The minimum Gasteiger partial charge on any atom is -0.481 e. The minimum atomic E-state index is -0.924. The zero-order valence-corrected chi connectivity index (χ0v) is 11.1. The van der Waals surface area contributed by atoms with Crippen LogP contribution < -0.4 is 0 Å². The monoisotopic (exact) mass is 254 g/mol. The fraction of sp³-hybridized carbons (Fsp3) is 0.583. The Morgan fingerprint density at radius 3 is 2.44 bits per heavy atom. The Morgan fingerprint density at radius 1 is 1.44 bits per heavy atom. The van der Waals surface area contributed by atoms with Crippen LogP contribution in [0.1, 0.15) is 42.1 Å². The molecule has 1 rings (SSSR count). The highest BCUT2D eigenvalue weighted by atomic mass is 16.5. The van der Waals surface area contributed by atoms with E-state index in [2.05, 4.69) is 5.16 Å². The number of nitrogens with zero attached hydrogens (tertiary/aromatic N) is 2. The van der Waals surface area contributed by atoms with Gasteiger partial charge in [-0.2, -0.15) is 0 Å². The molecule has 0 radical (unpaired) electrons. The van der Waals surface area contributed by atoms with Gasteiger partial charge in [0, 0.05) is 12.6 Å². The maximum atomic E-state index is 12.3. The van der Waals surface area contributed by atoms with E-state index in [1.54, 1.807) is 20.8 Å². The number of carboxylic acids is 1. The molecular formula is C12H18N2O4. The predicted octanol–water partition coefficient (Wildman–Crippen LogP) is 1.62. The molecule has 18 heavy (non-hydrogen) atoms. The van der Waals surface area contributed by atoms with Gasteiger partial charge in [-0.25, -0.2) is 0 Å². The number of carbonyl (C=O) groups is 2. The second-order valence-corrected chi connectivity index (χ2v) is 4.24. The van der Waals surface area contributed by atoms with Crippen molar-refractivity contribution in [2.45, 2.75) is 40.2 Å². The van der Waals surface area contributed by atoms with Gasteiger partial charge in [-0.15, -0.1) is 0 Å². The molecule has 0 bridgehead atoms. The zero-order chi connectivity index (χ0) is 13.9. The molecular weight excluding hydrogens is 236 g/mol. The Balaban J connectivity index is 2.96. The number of hydrogen-bond acceptors (Lipinski definition) is 4. The summed E-state index contributed by atoms with van der Waals surface area (Å²) in [5.74, 6) is -0.700. The van der Waals surface area contributed by atoms with Gasteiger partial charge in [-0.3, -0.25) is 9.59 Å². The first-order chi connectivity index (χ1) is 8.38. The number of rotatable bonds is 5. The number of hydrogen-bond donors (Lipinski definition) is 1. The first-order valence-electron chi connectivity index (χ1n) is 5.84. The van der Waals surface area contributed by atoms with Crippen LogP contribution in [-0.4, -0.2) is 39.6 Å². The van der Waals surface area contributed by atoms with E-state index in [-0.39, 0.29) is 18.4 Å². The molecule has 0 aliphatic carbocycles. The lowest BCUT2D eigenvalue weighted by Crippen LogP contribution is -2.40. The third kappa shape index (κ3) is 2.88. The molecule has 1 aromatic rings. The summed E-state index contributed by atoms with van der Waals surface area (Å²) >= 11 is 0. The van der Waals surface area contributed by atoms with E-state index in [0.29, 0.717) is 23.6 Å². The summed E-state index contributed by atoms with van der Waals surface area (Å²) in [4.78, 5) is 24.6. The van der Waals surface area contributed by atoms with E-state index in [1.807, 2.05) is 6.92 Å². The van der Waals surface area contributed by atoms with Gasteiger partial charge in [0.2, 0.25) is 0 Å². The Hall–Kier alpha value is -1.85. The van der Waals surface area contributed by atoms with E-state index >= 15 is 0 Å². The van der Waals surface area contributed by atoms with Crippen molar-refractivity contribution in [1.29, 1.82) is 0 Å². The highest BCUT2D eigenvalue weighted by Crippen LogP contribution is 2.17. The van der Waals surface area contributed by atoms with Gasteiger partial charge in [-0.05, 0) is 27.7 Å². The van der Waals surface area contributed by atoms with Crippen LogP contribution >= 0.6 is 0 Å². The molecule has 1 amide bonds. The smallest absolute Gasteiger partial charge is 0.305 e. The molecule has 0 aliphatic heterocycles. The first kappa shape index (κ1) is 14.2. The van der Waals surface area contributed by atoms with Crippen LogP contribution in [0, 0.1) is 13.8 Å². The molecule has 1 heterocycles. The Kier molecular flexibility index (Phi) is 4.47. The van der Waals surface area contributed by atoms with Crippen LogP contribution in [0.2, 0.25) is 0 Å². The highest BCUT2D eigenvalue weighted by molar-refractivity contribution is 5.96. The number of aliphatic carboxylic acids is 1. The number of aromatic nitrogens is 1. The normalized spacial score (nSPS) is 12.2.